The van der Waals surface area contributed by atoms with E-state index in [1.54, 1.807) is 0 Å². The van der Waals surface area contributed by atoms with Crippen LogP contribution in [0.25, 0.3) is 0 Å². The first-order valence-electron chi connectivity index (χ1n) is 12.6. The molecule has 2 aromatic heterocycles. The van der Waals surface area contributed by atoms with Crippen LogP contribution in [0.1, 0.15) is 74.2 Å². The van der Waals surface area contributed by atoms with Crippen molar-refractivity contribution >= 4 is 23.5 Å². The summed E-state index contributed by atoms with van der Waals surface area (Å²) in [6, 6.07) is 1.59. The van der Waals surface area contributed by atoms with Crippen molar-refractivity contribution in [2.24, 2.45) is 0 Å². The maximum Gasteiger partial charge on any atom is 0.267 e. The SMILES string of the molecule is O=C([C@H]1CCCN1c1nc2c(c(Nc3cc(C4CCCC4)[nH]n3)n1)CCC2)N1CCC(F)(F)C1. The van der Waals surface area contributed by atoms with E-state index in [1.165, 1.54) is 36.3 Å². The molecule has 2 N–H and O–H groups in total. The molecule has 182 valence electrons. The molecule has 0 bridgehead atoms. The number of hydrogen-bond donors (Lipinski definition) is 2. The van der Waals surface area contributed by atoms with Crippen LogP contribution in [0.5, 0.6) is 0 Å². The predicted octanol–water partition coefficient (Wildman–Crippen LogP) is 3.93. The number of halogens is 2. The van der Waals surface area contributed by atoms with Crippen LogP contribution in [0, 0.1) is 0 Å². The van der Waals surface area contributed by atoms with Gasteiger partial charge < -0.3 is 15.1 Å². The zero-order chi connectivity index (χ0) is 23.3. The van der Waals surface area contributed by atoms with E-state index in [9.17, 15) is 13.6 Å². The minimum absolute atomic E-state index is 0.108. The Hall–Kier alpha value is -2.78. The van der Waals surface area contributed by atoms with Gasteiger partial charge in [-0.1, -0.05) is 12.8 Å². The minimum atomic E-state index is -2.79. The first-order valence-corrected chi connectivity index (χ1v) is 12.6. The lowest BCUT2D eigenvalue weighted by Gasteiger charge is -2.28. The largest absolute Gasteiger partial charge is 0.335 e. The molecule has 1 amide bonds. The van der Waals surface area contributed by atoms with Gasteiger partial charge in [0.25, 0.3) is 5.92 Å². The Morgan fingerprint density at radius 3 is 2.74 bits per heavy atom. The number of carbonyl (C=O) groups is 1. The van der Waals surface area contributed by atoms with Crippen molar-refractivity contribution in [3.05, 3.63) is 23.0 Å². The van der Waals surface area contributed by atoms with Crippen LogP contribution in [-0.4, -0.2) is 62.6 Å². The molecule has 3 fully saturated rings. The summed E-state index contributed by atoms with van der Waals surface area (Å²) in [5.41, 5.74) is 3.28. The Bertz CT molecular complexity index is 1080. The van der Waals surface area contributed by atoms with Crippen molar-refractivity contribution in [2.45, 2.75) is 82.1 Å². The second-order valence-corrected chi connectivity index (χ2v) is 10.2. The summed E-state index contributed by atoms with van der Waals surface area (Å²) >= 11 is 0. The number of alkyl halides is 2. The standard InChI is InChI=1S/C24H31F2N7O/c25-24(26)10-12-32(14-24)22(34)19-9-4-11-33(19)23-27-17-8-3-7-16(17)21(29-23)28-20-13-18(30-31-20)15-5-1-2-6-15/h13,15,19H,1-12,14H2,(H2,27,28,29,30,31)/t19-/m1/s1. The van der Waals surface area contributed by atoms with Crippen molar-refractivity contribution in [3.63, 3.8) is 0 Å². The quantitative estimate of drug-likeness (QED) is 0.687. The van der Waals surface area contributed by atoms with Crippen molar-refractivity contribution in [3.8, 4) is 0 Å². The van der Waals surface area contributed by atoms with Gasteiger partial charge in [0.1, 0.15) is 11.9 Å². The van der Waals surface area contributed by atoms with Crippen molar-refractivity contribution in [1.29, 1.82) is 0 Å². The topological polar surface area (TPSA) is 90.0 Å². The van der Waals surface area contributed by atoms with Gasteiger partial charge >= 0.3 is 0 Å². The second kappa shape index (κ2) is 8.46. The lowest BCUT2D eigenvalue weighted by Crippen LogP contribution is -2.46. The maximum atomic E-state index is 13.7. The fourth-order valence-electron chi connectivity index (χ4n) is 6.02. The van der Waals surface area contributed by atoms with E-state index in [-0.39, 0.29) is 18.9 Å². The van der Waals surface area contributed by atoms with E-state index < -0.39 is 18.5 Å². The molecule has 0 radical (unpaired) electrons. The molecule has 2 aliphatic heterocycles. The summed E-state index contributed by atoms with van der Waals surface area (Å²) in [6.07, 6.45) is 8.90. The Balaban J connectivity index is 1.25. The molecule has 10 heteroatoms. The minimum Gasteiger partial charge on any atom is -0.335 e. The number of aromatic nitrogens is 4. The fraction of sp³-hybridized carbons (Fsp3) is 0.667. The second-order valence-electron chi connectivity index (χ2n) is 10.2. The maximum absolute atomic E-state index is 13.7. The number of nitrogens with zero attached hydrogens (tertiary/aromatic N) is 5. The molecule has 4 aliphatic rings. The average Bonchev–Trinajstić information content (AvgIpc) is 3.63. The molecule has 6 rings (SSSR count). The van der Waals surface area contributed by atoms with Gasteiger partial charge in [-0.15, -0.1) is 0 Å². The van der Waals surface area contributed by atoms with Crippen LogP contribution in [-0.2, 0) is 17.6 Å². The lowest BCUT2D eigenvalue weighted by atomic mass is 10.0. The molecular formula is C24H31F2N7O. The van der Waals surface area contributed by atoms with Crippen LogP contribution >= 0.6 is 0 Å². The average molecular weight is 472 g/mol. The van der Waals surface area contributed by atoms with Gasteiger partial charge in [-0.05, 0) is 44.9 Å². The van der Waals surface area contributed by atoms with Crippen LogP contribution in [0.15, 0.2) is 6.07 Å². The summed E-state index contributed by atoms with van der Waals surface area (Å²) in [5.74, 6) is -0.481. The molecule has 2 aromatic rings. The van der Waals surface area contributed by atoms with Crippen molar-refractivity contribution in [2.75, 3.05) is 29.9 Å². The molecule has 1 saturated carbocycles. The highest BCUT2D eigenvalue weighted by Gasteiger charge is 2.44. The zero-order valence-corrected chi connectivity index (χ0v) is 19.3. The first-order chi connectivity index (χ1) is 16.5. The number of amides is 1. The Morgan fingerprint density at radius 2 is 1.94 bits per heavy atom. The summed E-state index contributed by atoms with van der Waals surface area (Å²) in [7, 11) is 0. The van der Waals surface area contributed by atoms with E-state index in [2.05, 4.69) is 21.6 Å². The molecule has 0 aromatic carbocycles. The van der Waals surface area contributed by atoms with E-state index in [4.69, 9.17) is 9.97 Å². The first kappa shape index (κ1) is 21.7. The fourth-order valence-corrected chi connectivity index (χ4v) is 6.02. The summed E-state index contributed by atoms with van der Waals surface area (Å²) in [6.45, 7) is 0.264. The van der Waals surface area contributed by atoms with Crippen LogP contribution in [0.2, 0.25) is 0 Å². The van der Waals surface area contributed by atoms with Gasteiger partial charge in [0.2, 0.25) is 11.9 Å². The molecule has 0 unspecified atom stereocenters. The Labute approximate surface area is 197 Å². The van der Waals surface area contributed by atoms with Gasteiger partial charge in [0, 0.05) is 42.8 Å². The summed E-state index contributed by atoms with van der Waals surface area (Å²) < 4.78 is 27.4. The third-order valence-corrected chi connectivity index (χ3v) is 7.84. The van der Waals surface area contributed by atoms with E-state index in [1.807, 2.05) is 4.90 Å². The highest BCUT2D eigenvalue weighted by molar-refractivity contribution is 5.86. The van der Waals surface area contributed by atoms with Gasteiger partial charge in [-0.2, -0.15) is 10.1 Å². The van der Waals surface area contributed by atoms with Crippen molar-refractivity contribution in [1.82, 2.24) is 25.1 Å². The normalized spacial score (nSPS) is 24.2. The number of aromatic amines is 1. The van der Waals surface area contributed by atoms with E-state index >= 15 is 0 Å². The number of carbonyl (C=O) groups excluding carboxylic acids is 1. The number of aryl methyl sites for hydroxylation is 1. The van der Waals surface area contributed by atoms with E-state index in [0.717, 1.165) is 48.6 Å². The Kier molecular flexibility index (Phi) is 5.41. The predicted molar refractivity (Wildman–Crippen MR) is 124 cm³/mol. The van der Waals surface area contributed by atoms with Crippen molar-refractivity contribution < 1.29 is 13.6 Å². The molecule has 1 atom stereocenters. The summed E-state index contributed by atoms with van der Waals surface area (Å²) in [4.78, 5) is 26.0. The number of H-pyrrole nitrogens is 1. The molecule has 8 nitrogen and oxygen atoms in total. The van der Waals surface area contributed by atoms with Crippen LogP contribution in [0.3, 0.4) is 0 Å². The highest BCUT2D eigenvalue weighted by Crippen LogP contribution is 2.36. The lowest BCUT2D eigenvalue weighted by molar-refractivity contribution is -0.132. The zero-order valence-electron chi connectivity index (χ0n) is 19.3. The monoisotopic (exact) mass is 471 g/mol. The number of fused-ring (bicyclic) bond motifs is 1. The van der Waals surface area contributed by atoms with Crippen LogP contribution < -0.4 is 10.2 Å². The third kappa shape index (κ3) is 4.01. The van der Waals surface area contributed by atoms with Gasteiger partial charge in [-0.3, -0.25) is 9.89 Å². The number of likely N-dealkylation sites (tertiary alicyclic amines) is 1. The summed E-state index contributed by atoms with van der Waals surface area (Å²) in [5, 5.41) is 11.1. The molecule has 0 spiro atoms. The number of nitrogens with one attached hydrogen (secondary N) is 2. The van der Waals surface area contributed by atoms with Gasteiger partial charge in [0.15, 0.2) is 5.82 Å². The Morgan fingerprint density at radius 1 is 1.09 bits per heavy atom. The number of hydrogen-bond acceptors (Lipinski definition) is 6. The van der Waals surface area contributed by atoms with Gasteiger partial charge in [-0.25, -0.2) is 13.8 Å². The highest BCUT2D eigenvalue weighted by atomic mass is 19.3. The molecule has 4 heterocycles. The number of rotatable bonds is 5. The number of anilines is 3. The van der Waals surface area contributed by atoms with Crippen LogP contribution in [0.4, 0.5) is 26.4 Å². The molecular weight excluding hydrogens is 440 g/mol. The smallest absolute Gasteiger partial charge is 0.267 e. The molecule has 34 heavy (non-hydrogen) atoms. The van der Waals surface area contributed by atoms with Gasteiger partial charge in [0.05, 0.1) is 12.2 Å². The van der Waals surface area contributed by atoms with E-state index in [0.29, 0.717) is 24.8 Å². The molecule has 2 saturated heterocycles. The molecule has 2 aliphatic carbocycles. The third-order valence-electron chi connectivity index (χ3n) is 7.84.